The summed E-state index contributed by atoms with van der Waals surface area (Å²) < 4.78 is 24.3. The quantitative estimate of drug-likeness (QED) is 0.864. The Kier molecular flexibility index (Phi) is 5.87. The second kappa shape index (κ2) is 6.62. The fourth-order valence-electron chi connectivity index (χ4n) is 1.50. The Morgan fingerprint density at radius 3 is 2.35 bits per heavy atom. The number of sulfone groups is 1. The van der Waals surface area contributed by atoms with Crippen LogP contribution in [0.5, 0.6) is 0 Å². The molecule has 1 rings (SSSR count). The third-order valence-corrected chi connectivity index (χ3v) is 5.06. The average molecular weight is 340 g/mol. The second-order valence-electron chi connectivity index (χ2n) is 5.64. The van der Waals surface area contributed by atoms with Crippen molar-refractivity contribution in [3.63, 3.8) is 0 Å². The normalized spacial score (nSPS) is 14.3. The fourth-order valence-corrected chi connectivity index (χ4v) is 3.26. The Balaban J connectivity index is 2.76. The summed E-state index contributed by atoms with van der Waals surface area (Å²) in [5, 5.41) is 13.4. The molecule has 0 radical (unpaired) electrons. The summed E-state index contributed by atoms with van der Waals surface area (Å²) in [6, 6.07) is 4.10. The number of nitrogens with one attached hydrogen (secondary N) is 1. The van der Waals surface area contributed by atoms with Crippen LogP contribution in [0, 0.1) is 0 Å². The van der Waals surface area contributed by atoms with E-state index in [4.69, 9.17) is 23.2 Å². The van der Waals surface area contributed by atoms with Gasteiger partial charge in [-0.25, -0.2) is 8.42 Å². The summed E-state index contributed by atoms with van der Waals surface area (Å²) in [7, 11) is -3.60. The SMILES string of the molecule is CC(C)(C)NCC(O)CS(=O)(=O)c1ccc(Cl)c(Cl)c1. The molecule has 114 valence electrons. The first-order chi connectivity index (χ1) is 9.01. The predicted molar refractivity (Wildman–Crippen MR) is 82.3 cm³/mol. The fraction of sp³-hybridized carbons (Fsp3) is 0.538. The molecule has 7 heteroatoms. The van der Waals surface area contributed by atoms with Crippen molar-refractivity contribution in [1.29, 1.82) is 0 Å². The number of halogens is 2. The second-order valence-corrected chi connectivity index (χ2v) is 8.49. The van der Waals surface area contributed by atoms with Gasteiger partial charge in [-0.05, 0) is 39.0 Å². The third-order valence-electron chi connectivity index (χ3n) is 2.53. The number of hydrogen-bond acceptors (Lipinski definition) is 4. The molecule has 0 aliphatic heterocycles. The first-order valence-corrected chi connectivity index (χ1v) is 8.53. The molecule has 20 heavy (non-hydrogen) atoms. The molecule has 0 aliphatic rings. The number of aliphatic hydroxyl groups is 1. The van der Waals surface area contributed by atoms with Crippen LogP contribution in [0.2, 0.25) is 10.0 Å². The lowest BCUT2D eigenvalue weighted by Crippen LogP contribution is -2.42. The number of aliphatic hydroxyl groups excluding tert-OH is 1. The van der Waals surface area contributed by atoms with Crippen molar-refractivity contribution in [2.75, 3.05) is 12.3 Å². The van der Waals surface area contributed by atoms with E-state index in [1.807, 2.05) is 20.8 Å². The maximum Gasteiger partial charge on any atom is 0.181 e. The van der Waals surface area contributed by atoms with Crippen LogP contribution in [0.25, 0.3) is 0 Å². The number of β-amino-alcohol motifs (C(OH)–C–C–N with tert-alkyl or cyclic N) is 1. The molecule has 0 saturated carbocycles. The third kappa shape index (κ3) is 5.58. The molecular formula is C13H19Cl2NO3S. The Morgan fingerprint density at radius 2 is 1.85 bits per heavy atom. The molecule has 0 saturated heterocycles. The maximum absolute atomic E-state index is 12.1. The summed E-state index contributed by atoms with van der Waals surface area (Å²) in [5.74, 6) is -0.367. The lowest BCUT2D eigenvalue weighted by Gasteiger charge is -2.22. The molecular weight excluding hydrogens is 321 g/mol. The summed E-state index contributed by atoms with van der Waals surface area (Å²) >= 11 is 11.6. The molecule has 1 atom stereocenters. The van der Waals surface area contributed by atoms with Gasteiger partial charge < -0.3 is 10.4 Å². The molecule has 0 bridgehead atoms. The van der Waals surface area contributed by atoms with Gasteiger partial charge in [0, 0.05) is 12.1 Å². The van der Waals surface area contributed by atoms with E-state index in [1.54, 1.807) is 0 Å². The van der Waals surface area contributed by atoms with Crippen LogP contribution in [0.4, 0.5) is 0 Å². The van der Waals surface area contributed by atoms with Crippen molar-refractivity contribution in [3.05, 3.63) is 28.2 Å². The summed E-state index contributed by atoms with van der Waals surface area (Å²) in [6.45, 7) is 6.01. The van der Waals surface area contributed by atoms with Crippen molar-refractivity contribution in [1.82, 2.24) is 5.32 Å². The average Bonchev–Trinajstić information content (AvgIpc) is 2.28. The highest BCUT2D eigenvalue weighted by molar-refractivity contribution is 7.91. The molecule has 0 heterocycles. The molecule has 1 aromatic carbocycles. The van der Waals surface area contributed by atoms with Gasteiger partial charge in [-0.3, -0.25) is 0 Å². The molecule has 0 amide bonds. The van der Waals surface area contributed by atoms with E-state index < -0.39 is 15.9 Å². The monoisotopic (exact) mass is 339 g/mol. The largest absolute Gasteiger partial charge is 0.391 e. The molecule has 4 nitrogen and oxygen atoms in total. The highest BCUT2D eigenvalue weighted by Gasteiger charge is 2.22. The molecule has 0 spiro atoms. The van der Waals surface area contributed by atoms with Crippen LogP contribution in [0.3, 0.4) is 0 Å². The maximum atomic E-state index is 12.1. The zero-order valence-electron chi connectivity index (χ0n) is 11.7. The standard InChI is InChI=1S/C13H19Cl2NO3S/c1-13(2,3)16-7-9(17)8-20(18,19)10-4-5-11(14)12(15)6-10/h4-6,9,16-17H,7-8H2,1-3H3. The molecule has 2 N–H and O–H groups in total. The Bertz CT molecular complexity index is 567. The van der Waals surface area contributed by atoms with E-state index in [0.29, 0.717) is 5.02 Å². The van der Waals surface area contributed by atoms with Gasteiger partial charge in [-0.15, -0.1) is 0 Å². The van der Waals surface area contributed by atoms with Gasteiger partial charge in [-0.1, -0.05) is 23.2 Å². The van der Waals surface area contributed by atoms with E-state index >= 15 is 0 Å². The van der Waals surface area contributed by atoms with E-state index in [-0.39, 0.29) is 27.8 Å². The Labute approximate surface area is 130 Å². The van der Waals surface area contributed by atoms with Gasteiger partial charge >= 0.3 is 0 Å². The van der Waals surface area contributed by atoms with E-state index in [9.17, 15) is 13.5 Å². The Morgan fingerprint density at radius 1 is 1.25 bits per heavy atom. The summed E-state index contributed by atoms with van der Waals surface area (Å²) in [4.78, 5) is 0.0571. The summed E-state index contributed by atoms with van der Waals surface area (Å²) in [6.07, 6.45) is -0.992. The minimum Gasteiger partial charge on any atom is -0.391 e. The van der Waals surface area contributed by atoms with Crippen molar-refractivity contribution >= 4 is 33.0 Å². The van der Waals surface area contributed by atoms with E-state index in [1.165, 1.54) is 18.2 Å². The lowest BCUT2D eigenvalue weighted by atomic mass is 10.1. The van der Waals surface area contributed by atoms with Crippen molar-refractivity contribution in [3.8, 4) is 0 Å². The Hall–Kier alpha value is -0.330. The van der Waals surface area contributed by atoms with Crippen molar-refractivity contribution in [2.24, 2.45) is 0 Å². The van der Waals surface area contributed by atoms with Crippen LogP contribution in [-0.2, 0) is 9.84 Å². The minimum atomic E-state index is -3.60. The first-order valence-electron chi connectivity index (χ1n) is 6.12. The van der Waals surface area contributed by atoms with Gasteiger partial charge in [0.1, 0.15) is 0 Å². The predicted octanol–water partition coefficient (Wildman–Crippen LogP) is 2.52. The van der Waals surface area contributed by atoms with Crippen LogP contribution >= 0.6 is 23.2 Å². The highest BCUT2D eigenvalue weighted by Crippen LogP contribution is 2.25. The molecule has 0 aliphatic carbocycles. The highest BCUT2D eigenvalue weighted by atomic mass is 35.5. The molecule has 0 aromatic heterocycles. The smallest absolute Gasteiger partial charge is 0.181 e. The first kappa shape index (κ1) is 17.7. The topological polar surface area (TPSA) is 66.4 Å². The molecule has 1 unspecified atom stereocenters. The zero-order valence-corrected chi connectivity index (χ0v) is 14.0. The summed E-state index contributed by atoms with van der Waals surface area (Å²) in [5.41, 5.74) is -0.186. The van der Waals surface area contributed by atoms with E-state index in [2.05, 4.69) is 5.32 Å². The number of hydrogen-bond donors (Lipinski definition) is 2. The van der Waals surface area contributed by atoms with Gasteiger partial charge in [0.15, 0.2) is 9.84 Å². The van der Waals surface area contributed by atoms with Gasteiger partial charge in [0.25, 0.3) is 0 Å². The van der Waals surface area contributed by atoms with Crippen LogP contribution in [0.15, 0.2) is 23.1 Å². The van der Waals surface area contributed by atoms with Gasteiger partial charge in [-0.2, -0.15) is 0 Å². The molecule has 0 fully saturated rings. The number of benzene rings is 1. The van der Waals surface area contributed by atoms with Crippen LogP contribution in [0.1, 0.15) is 20.8 Å². The zero-order chi connectivity index (χ0) is 15.6. The number of rotatable bonds is 5. The van der Waals surface area contributed by atoms with Crippen molar-refractivity contribution in [2.45, 2.75) is 37.3 Å². The minimum absolute atomic E-state index is 0.0571. The van der Waals surface area contributed by atoms with Crippen LogP contribution < -0.4 is 5.32 Å². The van der Waals surface area contributed by atoms with Gasteiger partial charge in [0.2, 0.25) is 0 Å². The van der Waals surface area contributed by atoms with Gasteiger partial charge in [0.05, 0.1) is 26.8 Å². The lowest BCUT2D eigenvalue weighted by molar-refractivity contribution is 0.181. The van der Waals surface area contributed by atoms with E-state index in [0.717, 1.165) is 0 Å². The molecule has 1 aromatic rings. The van der Waals surface area contributed by atoms with Crippen molar-refractivity contribution < 1.29 is 13.5 Å². The van der Waals surface area contributed by atoms with Crippen LogP contribution in [-0.4, -0.2) is 37.5 Å².